The molecule has 3 rings (SSSR count). The molecule has 0 amide bonds. The minimum absolute atomic E-state index is 0.0458. The molecule has 2 N–H and O–H groups in total. The van der Waals surface area contributed by atoms with Crippen molar-refractivity contribution in [2.75, 3.05) is 19.8 Å². The summed E-state index contributed by atoms with van der Waals surface area (Å²) in [6.07, 6.45) is 1.46. The van der Waals surface area contributed by atoms with Gasteiger partial charge in [0, 0.05) is 45.8 Å². The third-order valence-corrected chi connectivity index (χ3v) is 3.85. The molecule has 6 heteroatoms. The monoisotopic (exact) mass is 265 g/mol. The van der Waals surface area contributed by atoms with Crippen LogP contribution in [0.1, 0.15) is 36.8 Å². The van der Waals surface area contributed by atoms with E-state index in [-0.39, 0.29) is 5.56 Å². The molecule has 0 aromatic carbocycles. The zero-order valence-corrected chi connectivity index (χ0v) is 11.1. The predicted molar refractivity (Wildman–Crippen MR) is 68.8 cm³/mol. The zero-order valence-electron chi connectivity index (χ0n) is 11.1. The van der Waals surface area contributed by atoms with Gasteiger partial charge in [-0.15, -0.1) is 0 Å². The predicted octanol–water partition coefficient (Wildman–Crippen LogP) is 0.415. The third-order valence-electron chi connectivity index (χ3n) is 3.85. The largest absolute Gasteiger partial charge is 0.381 e. The Kier molecular flexibility index (Phi) is 3.38. The van der Waals surface area contributed by atoms with E-state index in [0.717, 1.165) is 24.1 Å². The molecule has 2 aliphatic heterocycles. The van der Waals surface area contributed by atoms with Crippen LogP contribution in [-0.2, 0) is 28.2 Å². The highest BCUT2D eigenvalue weighted by atomic mass is 16.5. The van der Waals surface area contributed by atoms with Crippen molar-refractivity contribution in [1.82, 2.24) is 15.3 Å². The van der Waals surface area contributed by atoms with Crippen molar-refractivity contribution in [2.45, 2.75) is 38.5 Å². The lowest BCUT2D eigenvalue weighted by atomic mass is 9.92. The van der Waals surface area contributed by atoms with Crippen LogP contribution in [0.25, 0.3) is 0 Å². The fraction of sp³-hybridized carbons (Fsp3) is 0.692. The van der Waals surface area contributed by atoms with E-state index in [1.54, 1.807) is 0 Å². The first-order valence-corrected chi connectivity index (χ1v) is 6.80. The van der Waals surface area contributed by atoms with Crippen LogP contribution in [0.3, 0.4) is 0 Å². The average molecular weight is 265 g/mol. The fourth-order valence-electron chi connectivity index (χ4n) is 2.82. The Morgan fingerprint density at radius 3 is 2.89 bits per heavy atom. The van der Waals surface area contributed by atoms with E-state index in [4.69, 9.17) is 9.47 Å². The number of H-pyrrole nitrogens is 1. The van der Waals surface area contributed by atoms with Crippen LogP contribution >= 0.6 is 0 Å². The molecule has 0 spiro atoms. The normalized spacial score (nSPS) is 21.3. The molecular formula is C13H19N3O3. The second-order valence-electron chi connectivity index (χ2n) is 4.98. The Balaban J connectivity index is 2.03. The summed E-state index contributed by atoms with van der Waals surface area (Å²) in [5, 5.41) is 3.16. The Bertz CT molecular complexity index is 515. The van der Waals surface area contributed by atoms with Crippen LogP contribution in [0.15, 0.2) is 4.79 Å². The van der Waals surface area contributed by atoms with Gasteiger partial charge < -0.3 is 19.8 Å². The van der Waals surface area contributed by atoms with Gasteiger partial charge in [0.15, 0.2) is 0 Å². The summed E-state index contributed by atoms with van der Waals surface area (Å²) in [5.41, 5.74) is 1.06. The fourth-order valence-corrected chi connectivity index (χ4v) is 2.82. The van der Waals surface area contributed by atoms with E-state index in [2.05, 4.69) is 15.3 Å². The van der Waals surface area contributed by atoms with Crippen LogP contribution in [-0.4, -0.2) is 29.8 Å². The van der Waals surface area contributed by atoms with Gasteiger partial charge in [0.2, 0.25) is 0 Å². The van der Waals surface area contributed by atoms with Gasteiger partial charge in [-0.3, -0.25) is 4.79 Å². The number of ether oxygens (including phenoxy) is 2. The Labute approximate surface area is 111 Å². The second kappa shape index (κ2) is 5.03. The maximum atomic E-state index is 12.1. The molecule has 0 saturated carbocycles. The summed E-state index contributed by atoms with van der Waals surface area (Å²) >= 11 is 0. The number of aromatic amines is 1. The number of nitrogens with zero attached hydrogens (tertiary/aromatic N) is 1. The SMILES string of the molecule is CCOC1(c2nc3c(c(=O)[nH]2)CNC3)CCOCC1. The molecule has 1 aromatic heterocycles. The lowest BCUT2D eigenvalue weighted by Crippen LogP contribution is -2.40. The van der Waals surface area contributed by atoms with Gasteiger partial charge in [-0.05, 0) is 6.92 Å². The number of hydrogen-bond donors (Lipinski definition) is 2. The summed E-state index contributed by atoms with van der Waals surface area (Å²) in [7, 11) is 0. The molecule has 104 valence electrons. The molecule has 1 aromatic rings. The summed E-state index contributed by atoms with van der Waals surface area (Å²) in [6, 6.07) is 0. The van der Waals surface area contributed by atoms with Gasteiger partial charge >= 0.3 is 0 Å². The van der Waals surface area contributed by atoms with Crippen molar-refractivity contribution in [2.24, 2.45) is 0 Å². The van der Waals surface area contributed by atoms with Gasteiger partial charge in [-0.1, -0.05) is 0 Å². The first-order chi connectivity index (χ1) is 9.25. The van der Waals surface area contributed by atoms with Crippen molar-refractivity contribution in [3.63, 3.8) is 0 Å². The highest BCUT2D eigenvalue weighted by molar-refractivity contribution is 5.23. The Hall–Kier alpha value is -1.24. The molecular weight excluding hydrogens is 246 g/mol. The molecule has 19 heavy (non-hydrogen) atoms. The molecule has 0 aliphatic carbocycles. The number of fused-ring (bicyclic) bond motifs is 1. The van der Waals surface area contributed by atoms with Gasteiger partial charge in [-0.25, -0.2) is 4.98 Å². The van der Waals surface area contributed by atoms with Gasteiger partial charge in [0.25, 0.3) is 5.56 Å². The van der Waals surface area contributed by atoms with E-state index in [1.165, 1.54) is 0 Å². The maximum Gasteiger partial charge on any atom is 0.255 e. The molecule has 6 nitrogen and oxygen atoms in total. The Morgan fingerprint density at radius 2 is 2.16 bits per heavy atom. The van der Waals surface area contributed by atoms with Crippen molar-refractivity contribution >= 4 is 0 Å². The summed E-state index contributed by atoms with van der Waals surface area (Å²) in [5.74, 6) is 0.658. The highest BCUT2D eigenvalue weighted by Crippen LogP contribution is 2.33. The van der Waals surface area contributed by atoms with Crippen LogP contribution in [0.2, 0.25) is 0 Å². The number of nitrogens with one attached hydrogen (secondary N) is 2. The van der Waals surface area contributed by atoms with Gasteiger partial charge in [0.1, 0.15) is 11.4 Å². The minimum Gasteiger partial charge on any atom is -0.381 e. The van der Waals surface area contributed by atoms with Gasteiger partial charge in [-0.2, -0.15) is 0 Å². The third kappa shape index (κ3) is 2.20. The van der Waals surface area contributed by atoms with Crippen LogP contribution in [0, 0.1) is 0 Å². The Morgan fingerprint density at radius 1 is 1.37 bits per heavy atom. The minimum atomic E-state index is -0.496. The summed E-state index contributed by atoms with van der Waals surface area (Å²) in [6.45, 7) is 5.09. The van der Waals surface area contributed by atoms with Gasteiger partial charge in [0.05, 0.1) is 11.3 Å². The topological polar surface area (TPSA) is 76.2 Å². The molecule has 0 radical (unpaired) electrons. The first kappa shape index (κ1) is 12.8. The molecule has 1 fully saturated rings. The van der Waals surface area contributed by atoms with Crippen LogP contribution in [0.5, 0.6) is 0 Å². The molecule has 2 aliphatic rings. The van der Waals surface area contributed by atoms with E-state index in [1.807, 2.05) is 6.92 Å². The van der Waals surface area contributed by atoms with Crippen LogP contribution < -0.4 is 10.9 Å². The number of rotatable bonds is 3. The lowest BCUT2D eigenvalue weighted by molar-refractivity contribution is -0.118. The second-order valence-corrected chi connectivity index (χ2v) is 4.98. The lowest BCUT2D eigenvalue weighted by Gasteiger charge is -2.35. The van der Waals surface area contributed by atoms with Crippen molar-refractivity contribution < 1.29 is 9.47 Å². The standard InChI is InChI=1S/C13H19N3O3/c1-2-19-13(3-5-18-6-4-13)12-15-10-8-14-7-9(10)11(17)16-12/h14H,2-8H2,1H3,(H,15,16,17). The number of hydrogen-bond acceptors (Lipinski definition) is 5. The number of aromatic nitrogens is 2. The van der Waals surface area contributed by atoms with E-state index < -0.39 is 5.60 Å². The molecule has 0 bridgehead atoms. The van der Waals surface area contributed by atoms with Crippen LogP contribution in [0.4, 0.5) is 0 Å². The molecule has 0 unspecified atom stereocenters. The van der Waals surface area contributed by atoms with Crippen molar-refractivity contribution in [3.05, 3.63) is 27.4 Å². The molecule has 3 heterocycles. The summed E-state index contributed by atoms with van der Waals surface area (Å²) in [4.78, 5) is 19.6. The smallest absolute Gasteiger partial charge is 0.255 e. The average Bonchev–Trinajstić information content (AvgIpc) is 2.89. The summed E-state index contributed by atoms with van der Waals surface area (Å²) < 4.78 is 11.3. The molecule has 1 saturated heterocycles. The first-order valence-electron chi connectivity index (χ1n) is 6.80. The quantitative estimate of drug-likeness (QED) is 0.828. The van der Waals surface area contributed by atoms with Crippen molar-refractivity contribution in [1.29, 1.82) is 0 Å². The zero-order chi connectivity index (χ0) is 13.3. The van der Waals surface area contributed by atoms with E-state index in [0.29, 0.717) is 38.7 Å². The molecule has 0 atom stereocenters. The van der Waals surface area contributed by atoms with E-state index >= 15 is 0 Å². The van der Waals surface area contributed by atoms with E-state index in [9.17, 15) is 4.79 Å². The highest BCUT2D eigenvalue weighted by Gasteiger charge is 2.38. The van der Waals surface area contributed by atoms with Crippen molar-refractivity contribution in [3.8, 4) is 0 Å². The maximum absolute atomic E-state index is 12.1.